The van der Waals surface area contributed by atoms with Crippen LogP contribution in [0.2, 0.25) is 0 Å². The highest BCUT2D eigenvalue weighted by Gasteiger charge is 2.15. The first-order chi connectivity index (χ1) is 6.09. The molecule has 0 aromatic heterocycles. The SMILES string of the molecule is Cc1cccc(C[C@@H](F)C(=O)O)c1. The second-order valence-corrected chi connectivity index (χ2v) is 3.00. The average molecular weight is 182 g/mol. The average Bonchev–Trinajstić information content (AvgIpc) is 2.04. The maximum atomic E-state index is 12.7. The van der Waals surface area contributed by atoms with Gasteiger partial charge in [-0.25, -0.2) is 9.18 Å². The van der Waals surface area contributed by atoms with Crippen molar-refractivity contribution in [2.24, 2.45) is 0 Å². The molecule has 13 heavy (non-hydrogen) atoms. The lowest BCUT2D eigenvalue weighted by molar-refractivity contribution is -0.142. The van der Waals surface area contributed by atoms with E-state index >= 15 is 0 Å². The van der Waals surface area contributed by atoms with Crippen LogP contribution in [-0.2, 0) is 11.2 Å². The van der Waals surface area contributed by atoms with Crippen LogP contribution in [0.4, 0.5) is 4.39 Å². The van der Waals surface area contributed by atoms with Crippen molar-refractivity contribution in [3.8, 4) is 0 Å². The van der Waals surface area contributed by atoms with Crippen LogP contribution >= 0.6 is 0 Å². The van der Waals surface area contributed by atoms with E-state index in [9.17, 15) is 9.18 Å². The predicted octanol–water partition coefficient (Wildman–Crippen LogP) is 1.96. The van der Waals surface area contributed by atoms with Gasteiger partial charge in [0.1, 0.15) is 0 Å². The van der Waals surface area contributed by atoms with Crippen LogP contribution in [0.3, 0.4) is 0 Å². The van der Waals surface area contributed by atoms with Gasteiger partial charge in [-0.2, -0.15) is 0 Å². The predicted molar refractivity (Wildman–Crippen MR) is 47.4 cm³/mol. The van der Waals surface area contributed by atoms with Crippen LogP contribution < -0.4 is 0 Å². The van der Waals surface area contributed by atoms with E-state index in [2.05, 4.69) is 0 Å². The van der Waals surface area contributed by atoms with E-state index in [4.69, 9.17) is 5.11 Å². The van der Waals surface area contributed by atoms with Crippen molar-refractivity contribution < 1.29 is 14.3 Å². The number of hydrogen-bond donors (Lipinski definition) is 1. The quantitative estimate of drug-likeness (QED) is 0.775. The second-order valence-electron chi connectivity index (χ2n) is 3.00. The van der Waals surface area contributed by atoms with E-state index in [1.165, 1.54) is 0 Å². The van der Waals surface area contributed by atoms with Gasteiger partial charge in [0.2, 0.25) is 6.17 Å². The largest absolute Gasteiger partial charge is 0.479 e. The summed E-state index contributed by atoms with van der Waals surface area (Å²) in [5.74, 6) is -1.40. The van der Waals surface area contributed by atoms with E-state index in [1.807, 2.05) is 13.0 Å². The molecule has 0 amide bonds. The first kappa shape index (κ1) is 9.71. The van der Waals surface area contributed by atoms with Crippen LogP contribution in [0.25, 0.3) is 0 Å². The third-order valence-electron chi connectivity index (χ3n) is 1.77. The maximum absolute atomic E-state index is 12.7. The minimum atomic E-state index is -1.80. The van der Waals surface area contributed by atoms with Gasteiger partial charge in [0, 0.05) is 6.42 Å². The van der Waals surface area contributed by atoms with E-state index in [-0.39, 0.29) is 6.42 Å². The van der Waals surface area contributed by atoms with Crippen molar-refractivity contribution in [2.45, 2.75) is 19.5 Å². The fourth-order valence-electron chi connectivity index (χ4n) is 1.13. The van der Waals surface area contributed by atoms with Gasteiger partial charge in [-0.3, -0.25) is 0 Å². The third kappa shape index (κ3) is 2.86. The Morgan fingerprint density at radius 3 is 2.85 bits per heavy atom. The fourth-order valence-corrected chi connectivity index (χ4v) is 1.13. The zero-order valence-corrected chi connectivity index (χ0v) is 7.33. The molecule has 1 rings (SSSR count). The van der Waals surface area contributed by atoms with Crippen molar-refractivity contribution in [3.63, 3.8) is 0 Å². The highest BCUT2D eigenvalue weighted by molar-refractivity contribution is 5.72. The summed E-state index contributed by atoms with van der Waals surface area (Å²) in [6.07, 6.45) is -1.86. The van der Waals surface area contributed by atoms with Gasteiger partial charge in [0.15, 0.2) is 0 Å². The second kappa shape index (κ2) is 4.03. The van der Waals surface area contributed by atoms with E-state index in [1.54, 1.807) is 18.2 Å². The Labute approximate surface area is 76.0 Å². The highest BCUT2D eigenvalue weighted by atomic mass is 19.1. The van der Waals surface area contributed by atoms with Gasteiger partial charge in [-0.1, -0.05) is 29.8 Å². The molecule has 0 saturated heterocycles. The van der Waals surface area contributed by atoms with Crippen LogP contribution in [0.1, 0.15) is 11.1 Å². The number of carbonyl (C=O) groups is 1. The van der Waals surface area contributed by atoms with Crippen molar-refractivity contribution in [3.05, 3.63) is 35.4 Å². The number of carboxylic acids is 1. The molecule has 0 bridgehead atoms. The molecule has 1 N–H and O–H groups in total. The Morgan fingerprint density at radius 2 is 2.31 bits per heavy atom. The summed E-state index contributed by atoms with van der Waals surface area (Å²) in [5.41, 5.74) is 1.73. The summed E-state index contributed by atoms with van der Waals surface area (Å²) in [6.45, 7) is 1.89. The first-order valence-corrected chi connectivity index (χ1v) is 4.02. The molecule has 1 aromatic rings. The first-order valence-electron chi connectivity index (χ1n) is 4.02. The van der Waals surface area contributed by atoms with Crippen molar-refractivity contribution >= 4 is 5.97 Å². The molecule has 0 unspecified atom stereocenters. The number of carboxylic acid groups (broad SMARTS) is 1. The van der Waals surface area contributed by atoms with Gasteiger partial charge in [0.05, 0.1) is 0 Å². The summed E-state index contributed by atoms with van der Waals surface area (Å²) in [5, 5.41) is 8.34. The molecule has 0 aliphatic carbocycles. The van der Waals surface area contributed by atoms with Gasteiger partial charge in [-0.15, -0.1) is 0 Å². The molecule has 0 heterocycles. The third-order valence-corrected chi connectivity index (χ3v) is 1.77. The molecular formula is C10H11FO2. The Morgan fingerprint density at radius 1 is 1.62 bits per heavy atom. The molecule has 70 valence electrons. The summed E-state index contributed by atoms with van der Waals surface area (Å²) in [4.78, 5) is 10.2. The fraction of sp³-hybridized carbons (Fsp3) is 0.300. The van der Waals surface area contributed by atoms with Gasteiger partial charge >= 0.3 is 5.97 Å². The lowest BCUT2D eigenvalue weighted by Crippen LogP contribution is -2.17. The molecule has 0 spiro atoms. The number of aryl methyl sites for hydroxylation is 1. The topological polar surface area (TPSA) is 37.3 Å². The van der Waals surface area contributed by atoms with Crippen LogP contribution in [-0.4, -0.2) is 17.2 Å². The van der Waals surface area contributed by atoms with E-state index < -0.39 is 12.1 Å². The molecule has 1 aromatic carbocycles. The minimum absolute atomic E-state index is 0.0585. The Kier molecular flexibility index (Phi) is 3.01. The zero-order chi connectivity index (χ0) is 9.84. The van der Waals surface area contributed by atoms with Gasteiger partial charge in [-0.05, 0) is 12.5 Å². The number of halogens is 1. The van der Waals surface area contributed by atoms with E-state index in [0.717, 1.165) is 11.1 Å². The molecule has 0 saturated carbocycles. The van der Waals surface area contributed by atoms with Crippen molar-refractivity contribution in [1.82, 2.24) is 0 Å². The van der Waals surface area contributed by atoms with Crippen molar-refractivity contribution in [2.75, 3.05) is 0 Å². The highest BCUT2D eigenvalue weighted by Crippen LogP contribution is 2.08. The van der Waals surface area contributed by atoms with Gasteiger partial charge in [0.25, 0.3) is 0 Å². The van der Waals surface area contributed by atoms with Crippen LogP contribution in [0, 0.1) is 6.92 Å². The maximum Gasteiger partial charge on any atom is 0.338 e. The molecular weight excluding hydrogens is 171 g/mol. The number of aliphatic carboxylic acids is 1. The number of hydrogen-bond acceptors (Lipinski definition) is 1. The van der Waals surface area contributed by atoms with E-state index in [0.29, 0.717) is 0 Å². The minimum Gasteiger partial charge on any atom is -0.479 e. The molecule has 0 radical (unpaired) electrons. The normalized spacial score (nSPS) is 12.5. The number of alkyl halides is 1. The molecule has 2 nitrogen and oxygen atoms in total. The number of benzene rings is 1. The Balaban J connectivity index is 2.69. The molecule has 1 atom stereocenters. The van der Waals surface area contributed by atoms with Crippen LogP contribution in [0.5, 0.6) is 0 Å². The Hall–Kier alpha value is -1.38. The van der Waals surface area contributed by atoms with Crippen molar-refractivity contribution in [1.29, 1.82) is 0 Å². The van der Waals surface area contributed by atoms with Crippen LogP contribution in [0.15, 0.2) is 24.3 Å². The standard InChI is InChI=1S/C10H11FO2/c1-7-3-2-4-8(5-7)6-9(11)10(12)13/h2-5,9H,6H2,1H3,(H,12,13)/t9-/m1/s1. The zero-order valence-electron chi connectivity index (χ0n) is 7.33. The number of rotatable bonds is 3. The summed E-state index contributed by atoms with van der Waals surface area (Å²) in [7, 11) is 0. The molecule has 0 fully saturated rings. The molecule has 0 aliphatic heterocycles. The summed E-state index contributed by atoms with van der Waals surface area (Å²) < 4.78 is 12.7. The monoisotopic (exact) mass is 182 g/mol. The lowest BCUT2D eigenvalue weighted by atomic mass is 10.1. The molecule has 3 heteroatoms. The summed E-state index contributed by atoms with van der Waals surface area (Å²) in [6, 6.07) is 7.19. The molecule has 0 aliphatic rings. The van der Waals surface area contributed by atoms with Gasteiger partial charge < -0.3 is 5.11 Å². The lowest BCUT2D eigenvalue weighted by Gasteiger charge is -2.03. The Bertz CT molecular complexity index is 310. The summed E-state index contributed by atoms with van der Waals surface area (Å²) >= 11 is 0. The smallest absolute Gasteiger partial charge is 0.338 e.